The fraction of sp³-hybridized carbons (Fsp3) is 0.160. The molecule has 2 aromatic carbocycles. The summed E-state index contributed by atoms with van der Waals surface area (Å²) in [5.41, 5.74) is 4.52. The molecule has 33 heavy (non-hydrogen) atoms. The molecule has 0 saturated heterocycles. The van der Waals surface area contributed by atoms with Gasteiger partial charge in [0, 0.05) is 43.4 Å². The Morgan fingerprint density at radius 1 is 1.24 bits per heavy atom. The average Bonchev–Trinajstić information content (AvgIpc) is 3.16. The highest BCUT2D eigenvalue weighted by Crippen LogP contribution is 2.22. The van der Waals surface area contributed by atoms with Crippen LogP contribution in [-0.4, -0.2) is 39.4 Å². The smallest absolute Gasteiger partial charge is 0.253 e. The molecule has 2 heterocycles. The summed E-state index contributed by atoms with van der Waals surface area (Å²) in [5.74, 6) is -0.764. The Balaban J connectivity index is 1.52. The lowest BCUT2D eigenvalue weighted by atomic mass is 10.0. The maximum absolute atomic E-state index is 14.2. The average molecular weight is 442 g/mol. The van der Waals surface area contributed by atoms with Crippen molar-refractivity contribution < 1.29 is 9.18 Å². The Labute approximate surface area is 190 Å². The van der Waals surface area contributed by atoms with Crippen LogP contribution in [0.3, 0.4) is 0 Å². The second-order valence-electron chi connectivity index (χ2n) is 7.71. The molecule has 2 aromatic heterocycles. The molecule has 0 aliphatic carbocycles. The minimum Gasteiger partial charge on any atom is -0.355 e. The van der Waals surface area contributed by atoms with Crippen LogP contribution in [0, 0.1) is 18.2 Å². The van der Waals surface area contributed by atoms with Crippen LogP contribution < -0.4 is 5.32 Å². The highest BCUT2D eigenvalue weighted by Gasteiger charge is 2.13. The SMILES string of the molecule is CNC(=O)c1ccc(C(=N)C=Nc2ncc(Cc3cc4cccnc4cc3C)n2C)cc1F. The molecule has 8 heteroatoms. The van der Waals surface area contributed by atoms with Gasteiger partial charge in [-0.1, -0.05) is 12.1 Å². The van der Waals surface area contributed by atoms with Crippen molar-refractivity contribution >= 4 is 34.7 Å². The van der Waals surface area contributed by atoms with Crippen LogP contribution in [0.2, 0.25) is 0 Å². The van der Waals surface area contributed by atoms with E-state index < -0.39 is 11.7 Å². The molecule has 7 nitrogen and oxygen atoms in total. The van der Waals surface area contributed by atoms with Gasteiger partial charge < -0.3 is 9.88 Å². The Hall–Kier alpha value is -4.20. The second-order valence-corrected chi connectivity index (χ2v) is 7.71. The number of carbonyl (C=O) groups is 1. The molecule has 4 aromatic rings. The maximum atomic E-state index is 14.2. The molecular formula is C25H23FN6O. The molecule has 166 valence electrons. The third-order valence-corrected chi connectivity index (χ3v) is 5.55. The molecule has 0 saturated carbocycles. The summed E-state index contributed by atoms with van der Waals surface area (Å²) < 4.78 is 16.1. The van der Waals surface area contributed by atoms with Crippen LogP contribution in [0.5, 0.6) is 0 Å². The first kappa shape index (κ1) is 22.0. The number of amides is 1. The van der Waals surface area contributed by atoms with Gasteiger partial charge in [-0.3, -0.25) is 15.2 Å². The topological polar surface area (TPSA) is 96.0 Å². The first-order valence-corrected chi connectivity index (χ1v) is 10.4. The van der Waals surface area contributed by atoms with Crippen LogP contribution >= 0.6 is 0 Å². The van der Waals surface area contributed by atoms with Gasteiger partial charge in [-0.05, 0) is 48.4 Å². The Morgan fingerprint density at radius 2 is 2.06 bits per heavy atom. The van der Waals surface area contributed by atoms with Crippen molar-refractivity contribution in [2.75, 3.05) is 7.05 Å². The van der Waals surface area contributed by atoms with Crippen molar-refractivity contribution in [2.24, 2.45) is 12.0 Å². The van der Waals surface area contributed by atoms with E-state index >= 15 is 0 Å². The largest absolute Gasteiger partial charge is 0.355 e. The molecular weight excluding hydrogens is 419 g/mol. The number of nitrogens with one attached hydrogen (secondary N) is 2. The van der Waals surface area contributed by atoms with E-state index in [1.165, 1.54) is 31.0 Å². The first-order valence-electron chi connectivity index (χ1n) is 10.4. The zero-order valence-electron chi connectivity index (χ0n) is 18.6. The lowest BCUT2D eigenvalue weighted by molar-refractivity contribution is 0.0959. The number of carbonyl (C=O) groups excluding carboxylic acids is 1. The van der Waals surface area contributed by atoms with E-state index in [1.807, 2.05) is 23.7 Å². The molecule has 0 spiro atoms. The van der Waals surface area contributed by atoms with Crippen LogP contribution in [0.4, 0.5) is 10.3 Å². The van der Waals surface area contributed by atoms with E-state index in [4.69, 9.17) is 5.41 Å². The summed E-state index contributed by atoms with van der Waals surface area (Å²) in [6.45, 7) is 2.06. The summed E-state index contributed by atoms with van der Waals surface area (Å²) >= 11 is 0. The zero-order valence-corrected chi connectivity index (χ0v) is 18.6. The van der Waals surface area contributed by atoms with E-state index in [2.05, 4.69) is 39.3 Å². The lowest BCUT2D eigenvalue weighted by Gasteiger charge is -2.09. The Kier molecular flexibility index (Phi) is 6.08. The standard InChI is InChI=1S/C25H23FN6O/c1-15-9-23-17(5-4-8-29-23)10-18(15)11-19-13-30-25(32(19)3)31-14-22(27)16-6-7-20(21(26)12-16)24(33)28-2/h4-10,12-14,27H,11H2,1-3H3,(H,28,33). The van der Waals surface area contributed by atoms with Gasteiger partial charge in [0.15, 0.2) is 0 Å². The van der Waals surface area contributed by atoms with Gasteiger partial charge in [-0.2, -0.15) is 0 Å². The molecule has 0 unspecified atom stereocenters. The molecule has 0 atom stereocenters. The normalized spacial score (nSPS) is 11.3. The number of hydrogen-bond acceptors (Lipinski definition) is 5. The van der Waals surface area contributed by atoms with Crippen molar-refractivity contribution in [2.45, 2.75) is 13.3 Å². The molecule has 0 bridgehead atoms. The highest BCUT2D eigenvalue weighted by atomic mass is 19.1. The van der Waals surface area contributed by atoms with Crippen LogP contribution in [0.25, 0.3) is 10.9 Å². The zero-order chi connectivity index (χ0) is 23.5. The third-order valence-electron chi connectivity index (χ3n) is 5.55. The monoisotopic (exact) mass is 442 g/mol. The molecule has 1 amide bonds. The lowest BCUT2D eigenvalue weighted by Crippen LogP contribution is -2.19. The molecule has 4 rings (SSSR count). The number of nitrogens with zero attached hydrogens (tertiary/aromatic N) is 4. The van der Waals surface area contributed by atoms with Gasteiger partial charge in [0.05, 0.1) is 29.2 Å². The molecule has 0 fully saturated rings. The molecule has 2 N–H and O–H groups in total. The van der Waals surface area contributed by atoms with Crippen molar-refractivity contribution in [1.82, 2.24) is 19.9 Å². The molecule has 0 radical (unpaired) electrons. The van der Waals surface area contributed by atoms with Crippen molar-refractivity contribution in [3.05, 3.63) is 88.6 Å². The van der Waals surface area contributed by atoms with E-state index in [9.17, 15) is 9.18 Å². The number of halogens is 1. The number of benzene rings is 2. The number of imidazole rings is 1. The van der Waals surface area contributed by atoms with Gasteiger partial charge in [0.1, 0.15) is 5.82 Å². The number of aromatic nitrogens is 3. The van der Waals surface area contributed by atoms with Crippen LogP contribution in [-0.2, 0) is 13.5 Å². The summed E-state index contributed by atoms with van der Waals surface area (Å²) in [5, 5.41) is 11.7. The van der Waals surface area contributed by atoms with E-state index in [-0.39, 0.29) is 11.3 Å². The predicted octanol–water partition coefficient (Wildman–Crippen LogP) is 4.14. The summed E-state index contributed by atoms with van der Waals surface area (Å²) in [7, 11) is 3.30. The van der Waals surface area contributed by atoms with Gasteiger partial charge in [-0.15, -0.1) is 0 Å². The quantitative estimate of drug-likeness (QED) is 0.439. The van der Waals surface area contributed by atoms with Crippen molar-refractivity contribution in [3.8, 4) is 0 Å². The van der Waals surface area contributed by atoms with Gasteiger partial charge in [0.25, 0.3) is 5.91 Å². The number of fused-ring (bicyclic) bond motifs is 1. The van der Waals surface area contributed by atoms with Gasteiger partial charge in [0.2, 0.25) is 5.95 Å². The summed E-state index contributed by atoms with van der Waals surface area (Å²) in [6.07, 6.45) is 5.56. The Morgan fingerprint density at radius 3 is 2.82 bits per heavy atom. The fourth-order valence-electron chi connectivity index (χ4n) is 3.57. The molecule has 0 aliphatic heterocycles. The summed E-state index contributed by atoms with van der Waals surface area (Å²) in [6, 6.07) is 12.2. The second kappa shape index (κ2) is 9.12. The number of pyridine rings is 1. The van der Waals surface area contributed by atoms with E-state index in [1.54, 1.807) is 12.4 Å². The number of aliphatic imine (C=N–C) groups is 1. The third kappa shape index (κ3) is 4.55. The van der Waals surface area contributed by atoms with Crippen molar-refractivity contribution in [3.63, 3.8) is 0 Å². The van der Waals surface area contributed by atoms with Crippen LogP contribution in [0.1, 0.15) is 32.7 Å². The summed E-state index contributed by atoms with van der Waals surface area (Å²) in [4.78, 5) is 24.7. The van der Waals surface area contributed by atoms with Gasteiger partial charge >= 0.3 is 0 Å². The number of rotatable bonds is 6. The van der Waals surface area contributed by atoms with E-state index in [0.717, 1.165) is 28.2 Å². The highest BCUT2D eigenvalue weighted by molar-refractivity contribution is 6.37. The van der Waals surface area contributed by atoms with Gasteiger partial charge in [-0.25, -0.2) is 14.4 Å². The van der Waals surface area contributed by atoms with E-state index in [0.29, 0.717) is 17.9 Å². The maximum Gasteiger partial charge on any atom is 0.253 e. The number of aryl methyl sites for hydroxylation is 1. The minimum atomic E-state index is -0.690. The van der Waals surface area contributed by atoms with Crippen molar-refractivity contribution in [1.29, 1.82) is 5.41 Å². The first-order chi connectivity index (χ1) is 15.9. The van der Waals surface area contributed by atoms with Crippen LogP contribution in [0.15, 0.2) is 59.9 Å². The predicted molar refractivity (Wildman–Crippen MR) is 127 cm³/mol. The molecule has 0 aliphatic rings. The minimum absolute atomic E-state index is 0.0137. The fourth-order valence-corrected chi connectivity index (χ4v) is 3.57. The number of hydrogen-bond donors (Lipinski definition) is 2. The Bertz CT molecular complexity index is 1410.